The van der Waals surface area contributed by atoms with Gasteiger partial charge in [0.25, 0.3) is 0 Å². The summed E-state index contributed by atoms with van der Waals surface area (Å²) in [4.78, 5) is 0. The average molecular weight is 369 g/mol. The zero-order valence-corrected chi connectivity index (χ0v) is 18.9. The van der Waals surface area contributed by atoms with Gasteiger partial charge in [-0.1, -0.05) is 71.8 Å². The van der Waals surface area contributed by atoms with Crippen LogP contribution in [-0.4, -0.2) is 0 Å². The van der Waals surface area contributed by atoms with Crippen LogP contribution in [0, 0.1) is 52.3 Å². The van der Waals surface area contributed by atoms with Gasteiger partial charge < -0.3 is 0 Å². The molecule has 0 nitrogen and oxygen atoms in total. The Morgan fingerprint density at radius 2 is 1.63 bits per heavy atom. The summed E-state index contributed by atoms with van der Waals surface area (Å²) < 4.78 is 0. The molecule has 3 fully saturated rings. The van der Waals surface area contributed by atoms with Gasteiger partial charge in [0.2, 0.25) is 0 Å². The molecule has 0 aromatic rings. The van der Waals surface area contributed by atoms with Gasteiger partial charge in [-0.15, -0.1) is 0 Å². The summed E-state index contributed by atoms with van der Waals surface area (Å²) >= 11 is 0. The van der Waals surface area contributed by atoms with Crippen molar-refractivity contribution in [3.05, 3.63) is 23.8 Å². The summed E-state index contributed by atoms with van der Waals surface area (Å²) in [7, 11) is 0. The van der Waals surface area contributed by atoms with Crippen LogP contribution >= 0.6 is 0 Å². The van der Waals surface area contributed by atoms with E-state index >= 15 is 0 Å². The minimum Gasteiger partial charge on any atom is -0.0852 e. The maximum absolute atomic E-state index is 2.76. The zero-order chi connectivity index (χ0) is 19.4. The lowest BCUT2D eigenvalue weighted by molar-refractivity contribution is 0.0314. The number of allylic oxidation sites excluding steroid dienone is 4. The summed E-state index contributed by atoms with van der Waals surface area (Å²) in [6, 6.07) is 0. The second-order valence-corrected chi connectivity index (χ2v) is 11.7. The minimum atomic E-state index is 0.551. The second kappa shape index (κ2) is 7.07. The van der Waals surface area contributed by atoms with Gasteiger partial charge in [0.05, 0.1) is 0 Å². The lowest BCUT2D eigenvalue weighted by Gasteiger charge is -2.54. The van der Waals surface area contributed by atoms with Crippen molar-refractivity contribution in [1.29, 1.82) is 0 Å². The third kappa shape index (κ3) is 3.08. The quantitative estimate of drug-likeness (QED) is 0.440. The Morgan fingerprint density at radius 3 is 2.37 bits per heavy atom. The Balaban J connectivity index is 1.54. The molecule has 0 bridgehead atoms. The van der Waals surface area contributed by atoms with Gasteiger partial charge in [-0.05, 0) is 97.2 Å². The first kappa shape index (κ1) is 19.8. The summed E-state index contributed by atoms with van der Waals surface area (Å²) in [6.45, 7) is 14.9. The molecule has 0 heterocycles. The Bertz CT molecular complexity index is 610. The smallest absolute Gasteiger partial charge is 0.0143 e. The standard InChI is InChI=1S/C27H44/c1-18(2)19(3)9-10-20(4)23-13-14-24-22-12-11-21-8-7-16-26(21,5)25(22)15-17-27(23,24)6/h9-10,12,18-21,23-25H,7-8,11,13-17H2,1-6H3/b10-9+/t19-,20+,21+,23-,24+,25+,26+,27+/m0/s1. The molecule has 0 amide bonds. The van der Waals surface area contributed by atoms with Gasteiger partial charge in [-0.3, -0.25) is 0 Å². The molecule has 0 N–H and O–H groups in total. The molecule has 3 saturated carbocycles. The first-order valence-electron chi connectivity index (χ1n) is 12.2. The average Bonchev–Trinajstić information content (AvgIpc) is 3.18. The molecule has 0 saturated heterocycles. The Hall–Kier alpha value is -0.520. The van der Waals surface area contributed by atoms with Crippen molar-refractivity contribution in [3.63, 3.8) is 0 Å². The summed E-state index contributed by atoms with van der Waals surface area (Å²) in [5.41, 5.74) is 3.12. The summed E-state index contributed by atoms with van der Waals surface area (Å²) in [5.74, 6) is 5.87. The second-order valence-electron chi connectivity index (χ2n) is 11.7. The van der Waals surface area contributed by atoms with Crippen LogP contribution in [0.1, 0.15) is 92.9 Å². The van der Waals surface area contributed by atoms with Gasteiger partial charge in [0.1, 0.15) is 0 Å². The monoisotopic (exact) mass is 368 g/mol. The fourth-order valence-corrected chi connectivity index (χ4v) is 7.99. The molecule has 4 aliphatic carbocycles. The Labute approximate surface area is 169 Å². The highest BCUT2D eigenvalue weighted by Gasteiger charge is 2.57. The van der Waals surface area contributed by atoms with E-state index in [0.29, 0.717) is 16.7 Å². The molecular weight excluding hydrogens is 324 g/mol. The van der Waals surface area contributed by atoms with E-state index in [0.717, 1.165) is 35.5 Å². The van der Waals surface area contributed by atoms with Crippen molar-refractivity contribution < 1.29 is 0 Å². The van der Waals surface area contributed by atoms with Crippen LogP contribution in [0.25, 0.3) is 0 Å². The predicted molar refractivity (Wildman–Crippen MR) is 117 cm³/mol. The fourth-order valence-electron chi connectivity index (χ4n) is 7.99. The molecule has 0 heteroatoms. The highest BCUT2D eigenvalue weighted by molar-refractivity contribution is 5.28. The van der Waals surface area contributed by atoms with Crippen molar-refractivity contribution in [2.75, 3.05) is 0 Å². The molecule has 4 aliphatic rings. The summed E-state index contributed by atoms with van der Waals surface area (Å²) in [5, 5.41) is 0. The zero-order valence-electron chi connectivity index (χ0n) is 18.9. The molecule has 8 atom stereocenters. The normalized spacial score (nSPS) is 46.1. The van der Waals surface area contributed by atoms with E-state index in [1.165, 1.54) is 51.4 Å². The third-order valence-electron chi connectivity index (χ3n) is 10.2. The van der Waals surface area contributed by atoms with Gasteiger partial charge in [-0.2, -0.15) is 0 Å². The van der Waals surface area contributed by atoms with Crippen molar-refractivity contribution in [2.24, 2.45) is 52.3 Å². The molecule has 0 radical (unpaired) electrons. The highest BCUT2D eigenvalue weighted by Crippen LogP contribution is 2.67. The Kier molecular flexibility index (Phi) is 5.18. The first-order chi connectivity index (χ1) is 12.8. The van der Waals surface area contributed by atoms with Crippen LogP contribution < -0.4 is 0 Å². The van der Waals surface area contributed by atoms with Crippen LogP contribution in [0.2, 0.25) is 0 Å². The van der Waals surface area contributed by atoms with Crippen LogP contribution in [0.4, 0.5) is 0 Å². The Morgan fingerprint density at radius 1 is 0.889 bits per heavy atom. The van der Waals surface area contributed by atoms with Crippen LogP contribution in [0.3, 0.4) is 0 Å². The van der Waals surface area contributed by atoms with Crippen LogP contribution in [-0.2, 0) is 0 Å². The maximum Gasteiger partial charge on any atom is -0.0143 e. The van der Waals surface area contributed by atoms with E-state index in [9.17, 15) is 0 Å². The van der Waals surface area contributed by atoms with Crippen molar-refractivity contribution >= 4 is 0 Å². The SMILES string of the molecule is CC(C)[C@@H](C)/C=C/[C@@H](C)[C@@H]1CC[C@@H]2C3=CC[C@H]4CCC[C@@]4(C)[C@@H]3CC[C@@]21C. The van der Waals surface area contributed by atoms with Crippen LogP contribution in [0.15, 0.2) is 23.8 Å². The summed E-state index contributed by atoms with van der Waals surface area (Å²) in [6.07, 6.45) is 19.6. The molecule has 152 valence electrons. The minimum absolute atomic E-state index is 0.551. The van der Waals surface area contributed by atoms with E-state index in [2.05, 4.69) is 59.8 Å². The van der Waals surface area contributed by atoms with E-state index in [-0.39, 0.29) is 0 Å². The lowest BCUT2D eigenvalue weighted by atomic mass is 9.51. The van der Waals surface area contributed by atoms with E-state index in [1.54, 1.807) is 0 Å². The van der Waals surface area contributed by atoms with Gasteiger partial charge >= 0.3 is 0 Å². The third-order valence-corrected chi connectivity index (χ3v) is 10.2. The molecular formula is C27H44. The maximum atomic E-state index is 2.76. The molecule has 0 spiro atoms. The molecule has 0 aromatic heterocycles. The number of rotatable bonds is 4. The van der Waals surface area contributed by atoms with Gasteiger partial charge in [0, 0.05) is 0 Å². The van der Waals surface area contributed by atoms with E-state index in [4.69, 9.17) is 0 Å². The van der Waals surface area contributed by atoms with Gasteiger partial charge in [-0.25, -0.2) is 0 Å². The molecule has 0 aromatic carbocycles. The number of hydrogen-bond acceptors (Lipinski definition) is 0. The molecule has 0 unspecified atom stereocenters. The van der Waals surface area contributed by atoms with Crippen LogP contribution in [0.5, 0.6) is 0 Å². The molecule has 4 rings (SSSR count). The first-order valence-corrected chi connectivity index (χ1v) is 12.2. The topological polar surface area (TPSA) is 0 Å². The van der Waals surface area contributed by atoms with Gasteiger partial charge in [0.15, 0.2) is 0 Å². The van der Waals surface area contributed by atoms with E-state index in [1.807, 2.05) is 5.57 Å². The van der Waals surface area contributed by atoms with Crippen molar-refractivity contribution in [1.82, 2.24) is 0 Å². The highest BCUT2D eigenvalue weighted by atomic mass is 14.6. The predicted octanol–water partition coefficient (Wildman–Crippen LogP) is 8.05. The number of fused-ring (bicyclic) bond motifs is 5. The number of hydrogen-bond donors (Lipinski definition) is 0. The van der Waals surface area contributed by atoms with Crippen molar-refractivity contribution in [2.45, 2.75) is 92.9 Å². The van der Waals surface area contributed by atoms with Crippen molar-refractivity contribution in [3.8, 4) is 0 Å². The van der Waals surface area contributed by atoms with E-state index < -0.39 is 0 Å². The lowest BCUT2D eigenvalue weighted by Crippen LogP contribution is -2.45. The molecule has 0 aliphatic heterocycles. The fraction of sp³-hybridized carbons (Fsp3) is 0.852. The molecule has 27 heavy (non-hydrogen) atoms. The largest absolute Gasteiger partial charge is 0.0852 e.